The van der Waals surface area contributed by atoms with Gasteiger partial charge in [0.05, 0.1) is 6.04 Å². The van der Waals surface area contributed by atoms with Gasteiger partial charge >= 0.3 is 0 Å². The third-order valence-corrected chi connectivity index (χ3v) is 3.40. The summed E-state index contributed by atoms with van der Waals surface area (Å²) in [6.45, 7) is 3.90. The number of hydrogen-bond donors (Lipinski definition) is 1. The topological polar surface area (TPSA) is 69.9 Å². The van der Waals surface area contributed by atoms with E-state index in [1.165, 1.54) is 5.69 Å². The van der Waals surface area contributed by atoms with Gasteiger partial charge in [0.25, 0.3) is 0 Å². The zero-order valence-electron chi connectivity index (χ0n) is 11.2. The van der Waals surface area contributed by atoms with Crippen LogP contribution in [-0.2, 0) is 7.05 Å². The monoisotopic (exact) mass is 256 g/mol. The molecular weight excluding hydrogens is 240 g/mol. The average molecular weight is 256 g/mol. The highest BCUT2D eigenvalue weighted by molar-refractivity contribution is 5.94. The van der Waals surface area contributed by atoms with Gasteiger partial charge in [-0.1, -0.05) is 17.3 Å². The second-order valence-electron chi connectivity index (χ2n) is 4.83. The maximum atomic E-state index is 5.75. The SMILES string of the molecule is Cc1cc2c(-c3noc([C@H](C)N)n3)cccc2n1C. The van der Waals surface area contributed by atoms with Crippen LogP contribution >= 0.6 is 0 Å². The minimum atomic E-state index is -0.252. The molecule has 5 heteroatoms. The molecule has 5 nitrogen and oxygen atoms in total. The minimum absolute atomic E-state index is 0.252. The molecule has 0 saturated heterocycles. The first kappa shape index (κ1) is 11.9. The molecule has 0 spiro atoms. The third-order valence-electron chi connectivity index (χ3n) is 3.40. The number of nitrogens with two attached hydrogens (primary N) is 1. The molecule has 0 aliphatic rings. The van der Waals surface area contributed by atoms with E-state index in [1.807, 2.05) is 26.1 Å². The van der Waals surface area contributed by atoms with Gasteiger partial charge in [-0.15, -0.1) is 0 Å². The quantitative estimate of drug-likeness (QED) is 0.765. The summed E-state index contributed by atoms with van der Waals surface area (Å²) in [5.74, 6) is 1.04. The molecule has 3 aromatic rings. The van der Waals surface area contributed by atoms with Crippen LogP contribution in [0.2, 0.25) is 0 Å². The summed E-state index contributed by atoms with van der Waals surface area (Å²) in [6, 6.07) is 7.96. The molecule has 0 aliphatic heterocycles. The van der Waals surface area contributed by atoms with Crippen molar-refractivity contribution in [3.8, 4) is 11.4 Å². The summed E-state index contributed by atoms with van der Waals surface area (Å²) in [4.78, 5) is 4.36. The lowest BCUT2D eigenvalue weighted by Crippen LogP contribution is -2.04. The number of hydrogen-bond acceptors (Lipinski definition) is 4. The molecule has 98 valence electrons. The predicted molar refractivity (Wildman–Crippen MR) is 73.6 cm³/mol. The maximum Gasteiger partial charge on any atom is 0.243 e. The first-order chi connectivity index (χ1) is 9.08. The number of nitrogens with zero attached hydrogens (tertiary/aromatic N) is 3. The molecule has 1 atom stereocenters. The van der Waals surface area contributed by atoms with Crippen LogP contribution in [0.3, 0.4) is 0 Å². The van der Waals surface area contributed by atoms with Gasteiger partial charge in [-0.05, 0) is 26.0 Å². The molecule has 1 aromatic carbocycles. The summed E-state index contributed by atoms with van der Waals surface area (Å²) >= 11 is 0. The van der Waals surface area contributed by atoms with E-state index in [-0.39, 0.29) is 6.04 Å². The molecule has 2 aromatic heterocycles. The zero-order valence-corrected chi connectivity index (χ0v) is 11.2. The maximum absolute atomic E-state index is 5.75. The predicted octanol–water partition coefficient (Wildman–Crippen LogP) is 2.56. The van der Waals surface area contributed by atoms with E-state index < -0.39 is 0 Å². The largest absolute Gasteiger partial charge is 0.348 e. The molecule has 0 aliphatic carbocycles. The highest BCUT2D eigenvalue weighted by Crippen LogP contribution is 2.29. The fourth-order valence-electron chi connectivity index (χ4n) is 2.22. The third kappa shape index (κ3) is 1.82. The van der Waals surface area contributed by atoms with Gasteiger partial charge in [0.15, 0.2) is 0 Å². The molecule has 0 fully saturated rings. The molecule has 19 heavy (non-hydrogen) atoms. The van der Waals surface area contributed by atoms with Gasteiger partial charge in [0, 0.05) is 29.2 Å². The lowest BCUT2D eigenvalue weighted by Gasteiger charge is -2.00. The minimum Gasteiger partial charge on any atom is -0.348 e. The second-order valence-corrected chi connectivity index (χ2v) is 4.83. The summed E-state index contributed by atoms with van der Waals surface area (Å²) in [7, 11) is 2.05. The fourth-order valence-corrected chi connectivity index (χ4v) is 2.22. The van der Waals surface area contributed by atoms with Crippen LogP contribution in [-0.4, -0.2) is 14.7 Å². The molecule has 2 heterocycles. The standard InChI is InChI=1S/C14H16N4O/c1-8-7-11-10(5-4-6-12(11)18(8)3)13-16-14(9(2)15)19-17-13/h4-7,9H,15H2,1-3H3/t9-/m0/s1. The number of benzene rings is 1. The first-order valence-electron chi connectivity index (χ1n) is 6.22. The molecular formula is C14H16N4O. The van der Waals surface area contributed by atoms with Crippen LogP contribution in [0.1, 0.15) is 24.6 Å². The van der Waals surface area contributed by atoms with Crippen LogP contribution in [0, 0.1) is 6.92 Å². The smallest absolute Gasteiger partial charge is 0.243 e. The van der Waals surface area contributed by atoms with E-state index in [1.54, 1.807) is 0 Å². The zero-order chi connectivity index (χ0) is 13.6. The Morgan fingerprint density at radius 2 is 2.16 bits per heavy atom. The molecule has 0 amide bonds. The summed E-state index contributed by atoms with van der Waals surface area (Å²) in [5.41, 5.74) is 9.06. The van der Waals surface area contributed by atoms with E-state index in [4.69, 9.17) is 10.3 Å². The Bertz CT molecular complexity index is 739. The van der Waals surface area contributed by atoms with Crippen molar-refractivity contribution in [2.24, 2.45) is 12.8 Å². The number of rotatable bonds is 2. The van der Waals surface area contributed by atoms with Crippen molar-refractivity contribution in [1.82, 2.24) is 14.7 Å². The molecule has 3 rings (SSSR count). The number of aromatic nitrogens is 3. The van der Waals surface area contributed by atoms with Crippen molar-refractivity contribution in [3.63, 3.8) is 0 Å². The van der Waals surface area contributed by atoms with E-state index in [2.05, 4.69) is 33.8 Å². The highest BCUT2D eigenvalue weighted by Gasteiger charge is 2.15. The Hall–Kier alpha value is -2.14. The highest BCUT2D eigenvalue weighted by atomic mass is 16.5. The fraction of sp³-hybridized carbons (Fsp3) is 0.286. The summed E-state index contributed by atoms with van der Waals surface area (Å²) in [5, 5.41) is 5.15. The van der Waals surface area contributed by atoms with Crippen LogP contribution in [0.15, 0.2) is 28.8 Å². The van der Waals surface area contributed by atoms with Crippen molar-refractivity contribution < 1.29 is 4.52 Å². The van der Waals surface area contributed by atoms with Crippen molar-refractivity contribution in [3.05, 3.63) is 35.9 Å². The van der Waals surface area contributed by atoms with Crippen LogP contribution in [0.4, 0.5) is 0 Å². The first-order valence-corrected chi connectivity index (χ1v) is 6.22. The van der Waals surface area contributed by atoms with Crippen molar-refractivity contribution in [2.45, 2.75) is 19.9 Å². The van der Waals surface area contributed by atoms with Crippen LogP contribution < -0.4 is 5.73 Å². The summed E-state index contributed by atoms with van der Waals surface area (Å²) in [6.07, 6.45) is 0. The molecule has 2 N–H and O–H groups in total. The van der Waals surface area contributed by atoms with Gasteiger partial charge in [-0.3, -0.25) is 0 Å². The van der Waals surface area contributed by atoms with Crippen LogP contribution in [0.5, 0.6) is 0 Å². The van der Waals surface area contributed by atoms with Crippen molar-refractivity contribution in [2.75, 3.05) is 0 Å². The Kier molecular flexibility index (Phi) is 2.64. The van der Waals surface area contributed by atoms with Crippen molar-refractivity contribution in [1.29, 1.82) is 0 Å². The Morgan fingerprint density at radius 1 is 1.37 bits per heavy atom. The van der Waals surface area contributed by atoms with E-state index in [9.17, 15) is 0 Å². The Labute approximate surface area is 111 Å². The molecule has 0 saturated carbocycles. The van der Waals surface area contributed by atoms with Gasteiger partial charge in [0.2, 0.25) is 11.7 Å². The normalized spacial score (nSPS) is 13.1. The molecule has 0 unspecified atom stereocenters. The van der Waals surface area contributed by atoms with Gasteiger partial charge in [0.1, 0.15) is 0 Å². The second kappa shape index (κ2) is 4.20. The van der Waals surface area contributed by atoms with E-state index in [0.717, 1.165) is 16.5 Å². The van der Waals surface area contributed by atoms with Gasteiger partial charge < -0.3 is 14.8 Å². The lowest BCUT2D eigenvalue weighted by atomic mass is 10.1. The van der Waals surface area contributed by atoms with Gasteiger partial charge in [-0.25, -0.2) is 0 Å². The van der Waals surface area contributed by atoms with Crippen LogP contribution in [0.25, 0.3) is 22.3 Å². The number of fused-ring (bicyclic) bond motifs is 1. The van der Waals surface area contributed by atoms with E-state index >= 15 is 0 Å². The molecule has 0 radical (unpaired) electrons. The Morgan fingerprint density at radius 3 is 2.84 bits per heavy atom. The molecule has 0 bridgehead atoms. The van der Waals surface area contributed by atoms with Gasteiger partial charge in [-0.2, -0.15) is 4.98 Å². The number of aryl methyl sites for hydroxylation is 2. The van der Waals surface area contributed by atoms with E-state index in [0.29, 0.717) is 11.7 Å². The Balaban J connectivity index is 2.21. The van der Waals surface area contributed by atoms with Crippen molar-refractivity contribution >= 4 is 10.9 Å². The lowest BCUT2D eigenvalue weighted by molar-refractivity contribution is 0.362. The average Bonchev–Trinajstić information content (AvgIpc) is 2.96. The summed E-state index contributed by atoms with van der Waals surface area (Å²) < 4.78 is 7.32.